The van der Waals surface area contributed by atoms with Crippen molar-refractivity contribution in [3.05, 3.63) is 107 Å². The summed E-state index contributed by atoms with van der Waals surface area (Å²) in [6.45, 7) is 4.24. The molecule has 0 spiro atoms. The number of benzene rings is 4. The van der Waals surface area contributed by atoms with Gasteiger partial charge in [0.25, 0.3) is 0 Å². The standard InChI is InChI=1S/C28H27N3O/c1-20-10-12-21(13-11-20)19-32-27-15-14-22-6-2-3-7-23(22)24(27)18-29-17-16-28-30-25-8-4-5-9-26(25)31-28/h2-15,29H,16-19H2,1H3,(H,30,31). The normalized spacial score (nSPS) is 11.3. The zero-order valence-corrected chi connectivity index (χ0v) is 18.3. The van der Waals surface area contributed by atoms with Gasteiger partial charge in [0.2, 0.25) is 0 Å². The number of nitrogens with one attached hydrogen (secondary N) is 2. The average molecular weight is 422 g/mol. The van der Waals surface area contributed by atoms with E-state index in [0.717, 1.165) is 42.1 Å². The highest BCUT2D eigenvalue weighted by atomic mass is 16.5. The number of nitrogens with zero attached hydrogens (tertiary/aromatic N) is 1. The second-order valence-corrected chi connectivity index (χ2v) is 8.17. The van der Waals surface area contributed by atoms with Crippen LogP contribution in [0.5, 0.6) is 5.75 Å². The number of fused-ring (bicyclic) bond motifs is 2. The third-order valence-electron chi connectivity index (χ3n) is 5.79. The monoisotopic (exact) mass is 421 g/mol. The van der Waals surface area contributed by atoms with Gasteiger partial charge in [-0.1, -0.05) is 72.3 Å². The molecule has 0 bridgehead atoms. The number of aromatic nitrogens is 2. The van der Waals surface area contributed by atoms with Crippen LogP contribution in [-0.4, -0.2) is 16.5 Å². The summed E-state index contributed by atoms with van der Waals surface area (Å²) in [6.07, 6.45) is 0.846. The molecule has 0 fully saturated rings. The minimum absolute atomic E-state index is 0.560. The highest BCUT2D eigenvalue weighted by Crippen LogP contribution is 2.29. The van der Waals surface area contributed by atoms with Gasteiger partial charge in [0.15, 0.2) is 0 Å². The number of hydrogen-bond acceptors (Lipinski definition) is 3. The maximum absolute atomic E-state index is 6.27. The number of H-pyrrole nitrogens is 1. The van der Waals surface area contributed by atoms with E-state index in [9.17, 15) is 0 Å². The lowest BCUT2D eigenvalue weighted by atomic mass is 10.0. The van der Waals surface area contributed by atoms with Crippen LogP contribution < -0.4 is 10.1 Å². The van der Waals surface area contributed by atoms with E-state index in [1.807, 2.05) is 18.2 Å². The molecule has 2 N–H and O–H groups in total. The highest BCUT2D eigenvalue weighted by molar-refractivity contribution is 5.87. The lowest BCUT2D eigenvalue weighted by Crippen LogP contribution is -2.18. The summed E-state index contributed by atoms with van der Waals surface area (Å²) in [5, 5.41) is 6.05. The van der Waals surface area contributed by atoms with Gasteiger partial charge in [0.05, 0.1) is 11.0 Å². The van der Waals surface area contributed by atoms with Crippen LogP contribution in [0.2, 0.25) is 0 Å². The van der Waals surface area contributed by atoms with Gasteiger partial charge >= 0.3 is 0 Å². The lowest BCUT2D eigenvalue weighted by Gasteiger charge is -2.15. The van der Waals surface area contributed by atoms with Gasteiger partial charge in [-0.15, -0.1) is 0 Å². The molecular weight excluding hydrogens is 394 g/mol. The molecule has 0 saturated carbocycles. The van der Waals surface area contributed by atoms with Crippen molar-refractivity contribution < 1.29 is 4.74 Å². The van der Waals surface area contributed by atoms with Crippen LogP contribution in [0, 0.1) is 6.92 Å². The van der Waals surface area contributed by atoms with Crippen molar-refractivity contribution >= 4 is 21.8 Å². The van der Waals surface area contributed by atoms with Crippen molar-refractivity contribution in [2.75, 3.05) is 6.54 Å². The molecule has 0 aliphatic carbocycles. The van der Waals surface area contributed by atoms with E-state index >= 15 is 0 Å². The molecule has 160 valence electrons. The summed E-state index contributed by atoms with van der Waals surface area (Å²) in [6, 6.07) is 29.4. The van der Waals surface area contributed by atoms with Crippen LogP contribution in [0.4, 0.5) is 0 Å². The third-order valence-corrected chi connectivity index (χ3v) is 5.79. The maximum atomic E-state index is 6.27. The van der Waals surface area contributed by atoms with Gasteiger partial charge in [-0.05, 0) is 41.5 Å². The van der Waals surface area contributed by atoms with Crippen molar-refractivity contribution in [2.45, 2.75) is 26.5 Å². The van der Waals surface area contributed by atoms with Gasteiger partial charge in [0, 0.05) is 25.1 Å². The average Bonchev–Trinajstić information content (AvgIpc) is 3.25. The Kier molecular flexibility index (Phi) is 5.86. The predicted molar refractivity (Wildman–Crippen MR) is 131 cm³/mol. The van der Waals surface area contributed by atoms with Crippen LogP contribution in [0.3, 0.4) is 0 Å². The summed E-state index contributed by atoms with van der Waals surface area (Å²) < 4.78 is 6.27. The Morgan fingerprint density at radius 3 is 2.56 bits per heavy atom. The smallest absolute Gasteiger partial charge is 0.124 e. The van der Waals surface area contributed by atoms with Crippen LogP contribution in [0.15, 0.2) is 84.9 Å². The van der Waals surface area contributed by atoms with Gasteiger partial charge in [-0.2, -0.15) is 0 Å². The fourth-order valence-corrected chi connectivity index (χ4v) is 4.02. The zero-order valence-electron chi connectivity index (χ0n) is 18.3. The molecule has 4 nitrogen and oxygen atoms in total. The first-order chi connectivity index (χ1) is 15.8. The van der Waals surface area contributed by atoms with Crippen molar-refractivity contribution in [2.24, 2.45) is 0 Å². The van der Waals surface area contributed by atoms with Gasteiger partial charge in [-0.3, -0.25) is 0 Å². The molecule has 1 heterocycles. The molecule has 0 unspecified atom stereocenters. The minimum Gasteiger partial charge on any atom is -0.489 e. The fourth-order valence-electron chi connectivity index (χ4n) is 4.02. The van der Waals surface area contributed by atoms with Crippen LogP contribution in [0.1, 0.15) is 22.5 Å². The number of rotatable bonds is 8. The first-order valence-electron chi connectivity index (χ1n) is 11.1. The number of para-hydroxylation sites is 2. The Hall–Kier alpha value is -3.63. The summed E-state index contributed by atoms with van der Waals surface area (Å²) >= 11 is 0. The largest absolute Gasteiger partial charge is 0.489 e. The molecule has 32 heavy (non-hydrogen) atoms. The molecule has 0 radical (unpaired) electrons. The zero-order chi connectivity index (χ0) is 21.8. The maximum Gasteiger partial charge on any atom is 0.124 e. The van der Waals surface area contributed by atoms with Crippen LogP contribution in [-0.2, 0) is 19.6 Å². The van der Waals surface area contributed by atoms with Crippen molar-refractivity contribution in [1.82, 2.24) is 15.3 Å². The molecular formula is C28H27N3O. The Morgan fingerprint density at radius 2 is 1.69 bits per heavy atom. The summed E-state index contributed by atoms with van der Waals surface area (Å²) in [5.41, 5.74) is 5.73. The molecule has 4 heteroatoms. The second kappa shape index (κ2) is 9.25. The topological polar surface area (TPSA) is 49.9 Å². The molecule has 0 atom stereocenters. The predicted octanol–water partition coefficient (Wildman–Crippen LogP) is 5.94. The van der Waals surface area contributed by atoms with Gasteiger partial charge < -0.3 is 15.0 Å². The minimum atomic E-state index is 0.560. The number of aromatic amines is 1. The Bertz CT molecular complexity index is 1310. The van der Waals surface area contributed by atoms with E-state index < -0.39 is 0 Å². The number of hydrogen-bond donors (Lipinski definition) is 2. The number of ether oxygens (including phenoxy) is 1. The molecule has 5 rings (SSSR count). The fraction of sp³-hybridized carbons (Fsp3) is 0.179. The Labute approximate surface area is 188 Å². The number of aryl methyl sites for hydroxylation is 1. The van der Waals surface area contributed by atoms with E-state index in [2.05, 4.69) is 88.9 Å². The van der Waals surface area contributed by atoms with Crippen molar-refractivity contribution in [3.8, 4) is 5.75 Å². The highest BCUT2D eigenvalue weighted by Gasteiger charge is 2.10. The summed E-state index contributed by atoms with van der Waals surface area (Å²) in [5.74, 6) is 1.94. The van der Waals surface area contributed by atoms with Crippen molar-refractivity contribution in [3.63, 3.8) is 0 Å². The lowest BCUT2D eigenvalue weighted by molar-refractivity contribution is 0.303. The molecule has 0 aliphatic rings. The molecule has 0 aliphatic heterocycles. The van der Waals surface area contributed by atoms with E-state index in [1.165, 1.54) is 27.5 Å². The Morgan fingerprint density at radius 1 is 0.875 bits per heavy atom. The van der Waals surface area contributed by atoms with Crippen molar-refractivity contribution in [1.29, 1.82) is 0 Å². The van der Waals surface area contributed by atoms with Crippen LogP contribution in [0.25, 0.3) is 21.8 Å². The summed E-state index contributed by atoms with van der Waals surface area (Å²) in [7, 11) is 0. The number of imidazole rings is 1. The SMILES string of the molecule is Cc1ccc(COc2ccc3ccccc3c2CNCCc2nc3ccccc3[nH]2)cc1. The quantitative estimate of drug-likeness (QED) is 0.305. The van der Waals surface area contributed by atoms with E-state index in [-0.39, 0.29) is 0 Å². The molecule has 5 aromatic rings. The Balaban J connectivity index is 1.29. The first kappa shape index (κ1) is 20.3. The molecule has 4 aromatic carbocycles. The molecule has 0 saturated heterocycles. The van der Waals surface area contributed by atoms with E-state index in [4.69, 9.17) is 4.74 Å². The van der Waals surface area contributed by atoms with Gasteiger partial charge in [-0.25, -0.2) is 4.98 Å². The van der Waals surface area contributed by atoms with Crippen LogP contribution >= 0.6 is 0 Å². The van der Waals surface area contributed by atoms with E-state index in [0.29, 0.717) is 6.61 Å². The summed E-state index contributed by atoms with van der Waals surface area (Å²) in [4.78, 5) is 8.08. The molecule has 1 aromatic heterocycles. The van der Waals surface area contributed by atoms with Gasteiger partial charge in [0.1, 0.15) is 18.2 Å². The first-order valence-corrected chi connectivity index (χ1v) is 11.1. The van der Waals surface area contributed by atoms with E-state index in [1.54, 1.807) is 0 Å². The molecule has 0 amide bonds. The second-order valence-electron chi connectivity index (χ2n) is 8.17. The third kappa shape index (κ3) is 4.51.